The maximum Gasteiger partial charge on any atom is 0.256 e. The number of benzene rings is 1. The highest BCUT2D eigenvalue weighted by Gasteiger charge is 2.43. The number of hydrogen-bond donors (Lipinski definition) is 1. The highest BCUT2D eigenvalue weighted by atomic mass is 16.2. The molecule has 0 aliphatic heterocycles. The van der Waals surface area contributed by atoms with Crippen LogP contribution < -0.4 is 10.7 Å². The van der Waals surface area contributed by atoms with E-state index in [4.69, 9.17) is 0 Å². The second kappa shape index (κ2) is 6.12. The Morgan fingerprint density at radius 2 is 2.08 bits per heavy atom. The molecule has 6 heteroatoms. The van der Waals surface area contributed by atoms with Crippen molar-refractivity contribution in [2.24, 2.45) is 12.5 Å². The number of rotatable bonds is 5. The lowest BCUT2D eigenvalue weighted by Gasteiger charge is -2.18. The molecule has 0 bridgehead atoms. The fraction of sp³-hybridized carbons (Fsp3) is 0.350. The highest BCUT2D eigenvalue weighted by molar-refractivity contribution is 5.97. The SMILES string of the molecule is Cc1nccn1CC1(CNC(=O)c2cn(C)c3ccccc3c2=O)CC1. The predicted octanol–water partition coefficient (Wildman–Crippen LogP) is 2.25. The number of carbonyl (C=O) groups excluding carboxylic acids is 1. The minimum atomic E-state index is -0.301. The number of amides is 1. The second-order valence-electron chi connectivity index (χ2n) is 7.28. The quantitative estimate of drug-likeness (QED) is 0.767. The summed E-state index contributed by atoms with van der Waals surface area (Å²) in [6.45, 7) is 3.39. The molecule has 26 heavy (non-hydrogen) atoms. The Hall–Kier alpha value is -2.89. The Labute approximate surface area is 151 Å². The van der Waals surface area contributed by atoms with Crippen LogP contribution in [0.5, 0.6) is 0 Å². The van der Waals surface area contributed by atoms with Crippen molar-refractivity contribution < 1.29 is 4.79 Å². The number of carbonyl (C=O) groups is 1. The molecule has 0 spiro atoms. The Morgan fingerprint density at radius 3 is 2.77 bits per heavy atom. The van der Waals surface area contributed by atoms with Gasteiger partial charge in [0.15, 0.2) is 0 Å². The fourth-order valence-corrected chi connectivity index (χ4v) is 3.46. The van der Waals surface area contributed by atoms with Gasteiger partial charge in [0.2, 0.25) is 5.43 Å². The highest BCUT2D eigenvalue weighted by Crippen LogP contribution is 2.46. The maximum atomic E-state index is 12.7. The Morgan fingerprint density at radius 1 is 1.31 bits per heavy atom. The first-order chi connectivity index (χ1) is 12.5. The monoisotopic (exact) mass is 350 g/mol. The summed E-state index contributed by atoms with van der Waals surface area (Å²) in [5.74, 6) is 0.677. The molecule has 3 aromatic rings. The van der Waals surface area contributed by atoms with E-state index in [0.717, 1.165) is 30.7 Å². The van der Waals surface area contributed by atoms with E-state index in [1.807, 2.05) is 42.9 Å². The molecule has 1 amide bonds. The van der Waals surface area contributed by atoms with Crippen molar-refractivity contribution >= 4 is 16.8 Å². The molecule has 2 aromatic heterocycles. The number of aromatic nitrogens is 3. The van der Waals surface area contributed by atoms with Gasteiger partial charge in [-0.15, -0.1) is 0 Å². The van der Waals surface area contributed by atoms with E-state index >= 15 is 0 Å². The van der Waals surface area contributed by atoms with Crippen molar-refractivity contribution in [3.05, 3.63) is 64.5 Å². The molecule has 1 saturated carbocycles. The first-order valence-corrected chi connectivity index (χ1v) is 8.83. The molecule has 1 aliphatic rings. The maximum absolute atomic E-state index is 12.7. The summed E-state index contributed by atoms with van der Waals surface area (Å²) in [5, 5.41) is 3.55. The molecule has 0 radical (unpaired) electrons. The van der Waals surface area contributed by atoms with E-state index in [1.165, 1.54) is 0 Å². The molecule has 0 saturated heterocycles. The lowest BCUT2D eigenvalue weighted by Crippen LogP contribution is -2.35. The number of nitrogens with one attached hydrogen (secondary N) is 1. The van der Waals surface area contributed by atoms with Crippen molar-refractivity contribution in [1.29, 1.82) is 0 Å². The molecule has 1 N–H and O–H groups in total. The zero-order valence-corrected chi connectivity index (χ0v) is 15.0. The number of para-hydroxylation sites is 1. The third kappa shape index (κ3) is 2.92. The standard InChI is InChI=1S/C20H22N4O2/c1-14-21-9-10-24(14)13-20(7-8-20)12-22-19(26)16-11-23(2)17-6-4-3-5-15(17)18(16)25/h3-6,9-11H,7-8,12-13H2,1-2H3,(H,22,26). The van der Waals surface area contributed by atoms with Crippen LogP contribution in [0.2, 0.25) is 0 Å². The van der Waals surface area contributed by atoms with Crippen LogP contribution in [0.25, 0.3) is 10.9 Å². The summed E-state index contributed by atoms with van der Waals surface area (Å²) in [4.78, 5) is 29.6. The number of imidazole rings is 1. The van der Waals surface area contributed by atoms with E-state index in [2.05, 4.69) is 14.9 Å². The van der Waals surface area contributed by atoms with Crippen LogP contribution in [0, 0.1) is 12.3 Å². The first-order valence-electron chi connectivity index (χ1n) is 8.83. The Balaban J connectivity index is 1.52. The number of pyridine rings is 1. The van der Waals surface area contributed by atoms with E-state index in [1.54, 1.807) is 18.5 Å². The molecule has 2 heterocycles. The van der Waals surface area contributed by atoms with Crippen molar-refractivity contribution in [2.45, 2.75) is 26.3 Å². The van der Waals surface area contributed by atoms with Crippen LogP contribution in [0.3, 0.4) is 0 Å². The van der Waals surface area contributed by atoms with Gasteiger partial charge in [-0.3, -0.25) is 9.59 Å². The number of fused-ring (bicyclic) bond motifs is 1. The number of hydrogen-bond acceptors (Lipinski definition) is 3. The van der Waals surface area contributed by atoms with Gasteiger partial charge in [0.1, 0.15) is 11.4 Å². The Kier molecular flexibility index (Phi) is 3.90. The van der Waals surface area contributed by atoms with Gasteiger partial charge in [0.25, 0.3) is 5.91 Å². The molecule has 1 aliphatic carbocycles. The normalized spacial score (nSPS) is 15.2. The minimum absolute atomic E-state index is 0.0726. The summed E-state index contributed by atoms with van der Waals surface area (Å²) in [6.07, 6.45) is 7.53. The molecular weight excluding hydrogens is 328 g/mol. The molecular formula is C20H22N4O2. The predicted molar refractivity (Wildman–Crippen MR) is 100 cm³/mol. The second-order valence-corrected chi connectivity index (χ2v) is 7.28. The summed E-state index contributed by atoms with van der Waals surface area (Å²) in [7, 11) is 1.85. The van der Waals surface area contributed by atoms with E-state index < -0.39 is 0 Å². The van der Waals surface area contributed by atoms with Crippen LogP contribution in [0.15, 0.2) is 47.7 Å². The molecule has 4 rings (SSSR count). The van der Waals surface area contributed by atoms with Gasteiger partial charge in [-0.2, -0.15) is 0 Å². The number of nitrogens with zero attached hydrogens (tertiary/aromatic N) is 3. The molecule has 6 nitrogen and oxygen atoms in total. The molecule has 1 aromatic carbocycles. The van der Waals surface area contributed by atoms with Gasteiger partial charge in [-0.25, -0.2) is 4.98 Å². The zero-order valence-electron chi connectivity index (χ0n) is 15.0. The third-order valence-electron chi connectivity index (χ3n) is 5.35. The summed E-state index contributed by atoms with van der Waals surface area (Å²) >= 11 is 0. The van der Waals surface area contributed by atoms with E-state index in [-0.39, 0.29) is 22.3 Å². The number of aryl methyl sites for hydroxylation is 2. The van der Waals surface area contributed by atoms with E-state index in [9.17, 15) is 9.59 Å². The van der Waals surface area contributed by atoms with Crippen molar-refractivity contribution in [3.8, 4) is 0 Å². The van der Waals surface area contributed by atoms with Crippen LogP contribution in [-0.2, 0) is 13.6 Å². The van der Waals surface area contributed by atoms with Gasteiger partial charge in [0, 0.05) is 49.5 Å². The lowest BCUT2D eigenvalue weighted by atomic mass is 10.1. The van der Waals surface area contributed by atoms with Crippen molar-refractivity contribution in [3.63, 3.8) is 0 Å². The van der Waals surface area contributed by atoms with Crippen LogP contribution >= 0.6 is 0 Å². The van der Waals surface area contributed by atoms with Crippen LogP contribution in [0.4, 0.5) is 0 Å². The van der Waals surface area contributed by atoms with Crippen LogP contribution in [0.1, 0.15) is 29.0 Å². The summed E-state index contributed by atoms with van der Waals surface area (Å²) < 4.78 is 3.95. The lowest BCUT2D eigenvalue weighted by molar-refractivity contribution is 0.0941. The first kappa shape index (κ1) is 16.6. The summed E-state index contributed by atoms with van der Waals surface area (Å²) in [6, 6.07) is 7.35. The third-order valence-corrected chi connectivity index (χ3v) is 5.35. The molecule has 1 fully saturated rings. The van der Waals surface area contributed by atoms with E-state index in [0.29, 0.717) is 11.9 Å². The smallest absolute Gasteiger partial charge is 0.256 e. The topological polar surface area (TPSA) is 68.9 Å². The average Bonchev–Trinajstić information content (AvgIpc) is 3.30. The van der Waals surface area contributed by atoms with Gasteiger partial charge in [-0.1, -0.05) is 12.1 Å². The molecule has 0 atom stereocenters. The molecule has 134 valence electrons. The van der Waals surface area contributed by atoms with Crippen molar-refractivity contribution in [1.82, 2.24) is 19.4 Å². The Bertz CT molecular complexity index is 1040. The van der Waals surface area contributed by atoms with Gasteiger partial charge in [-0.05, 0) is 31.9 Å². The van der Waals surface area contributed by atoms with Crippen LogP contribution in [-0.4, -0.2) is 26.6 Å². The van der Waals surface area contributed by atoms with Crippen molar-refractivity contribution in [2.75, 3.05) is 6.54 Å². The summed E-state index contributed by atoms with van der Waals surface area (Å²) in [5.41, 5.74) is 0.874. The average molecular weight is 350 g/mol. The minimum Gasteiger partial charge on any atom is -0.351 e. The molecule has 0 unspecified atom stereocenters. The fourth-order valence-electron chi connectivity index (χ4n) is 3.46. The van der Waals surface area contributed by atoms with Gasteiger partial charge in [0.05, 0.1) is 5.52 Å². The largest absolute Gasteiger partial charge is 0.351 e. The zero-order chi connectivity index (χ0) is 18.3. The van der Waals surface area contributed by atoms with Gasteiger partial charge >= 0.3 is 0 Å². The van der Waals surface area contributed by atoms with Gasteiger partial charge < -0.3 is 14.5 Å².